The average molecular weight is 533 g/mol. The Kier molecular flexibility index (Phi) is 7.22. The molecule has 1 unspecified atom stereocenters. The number of carbonyl (C=O) groups is 2. The van der Waals surface area contributed by atoms with Crippen LogP contribution < -0.4 is 5.32 Å². The number of rotatable bonds is 7. The second-order valence-corrected chi connectivity index (χ2v) is 10.9. The van der Waals surface area contributed by atoms with Crippen LogP contribution in [0.15, 0.2) is 95.9 Å². The number of amides is 1. The molecule has 7 nitrogen and oxygen atoms in total. The molecule has 5 rings (SSSR count). The third-order valence-electron chi connectivity index (χ3n) is 6.57. The van der Waals surface area contributed by atoms with Crippen LogP contribution in [0.1, 0.15) is 23.6 Å². The van der Waals surface area contributed by atoms with Gasteiger partial charge in [-0.15, -0.1) is 0 Å². The second kappa shape index (κ2) is 10.7. The lowest BCUT2D eigenvalue weighted by molar-refractivity contribution is -0.148. The first-order valence-corrected chi connectivity index (χ1v) is 13.6. The summed E-state index contributed by atoms with van der Waals surface area (Å²) in [5.41, 5.74) is 2.23. The molecule has 0 saturated heterocycles. The molecular formula is C29H25FN2O5S. The van der Waals surface area contributed by atoms with Crippen molar-refractivity contribution in [2.24, 2.45) is 0 Å². The summed E-state index contributed by atoms with van der Waals surface area (Å²) in [6.45, 7) is -0.364. The molecule has 0 aliphatic carbocycles. The third-order valence-corrected chi connectivity index (χ3v) is 8.49. The zero-order valence-corrected chi connectivity index (χ0v) is 21.2. The highest BCUT2D eigenvalue weighted by Crippen LogP contribution is 2.36. The van der Waals surface area contributed by atoms with Gasteiger partial charge in [0.05, 0.1) is 17.4 Å². The lowest BCUT2D eigenvalue weighted by Crippen LogP contribution is -2.41. The van der Waals surface area contributed by atoms with E-state index < -0.39 is 40.4 Å². The minimum atomic E-state index is -4.03. The van der Waals surface area contributed by atoms with Gasteiger partial charge >= 0.3 is 5.97 Å². The Bertz CT molecular complexity index is 1600. The number of fused-ring (bicyclic) bond motifs is 2. The fourth-order valence-electron chi connectivity index (χ4n) is 4.75. The van der Waals surface area contributed by atoms with Crippen LogP contribution in [0, 0.1) is 5.82 Å². The van der Waals surface area contributed by atoms with Crippen molar-refractivity contribution in [3.05, 3.63) is 108 Å². The summed E-state index contributed by atoms with van der Waals surface area (Å²) in [6, 6.07) is 24.2. The van der Waals surface area contributed by atoms with Gasteiger partial charge < -0.3 is 10.1 Å². The van der Waals surface area contributed by atoms with E-state index in [1.54, 1.807) is 18.2 Å². The molecule has 38 heavy (non-hydrogen) atoms. The van der Waals surface area contributed by atoms with E-state index in [0.29, 0.717) is 17.7 Å². The summed E-state index contributed by atoms with van der Waals surface area (Å²) in [4.78, 5) is 25.4. The molecule has 4 aromatic rings. The highest BCUT2D eigenvalue weighted by molar-refractivity contribution is 7.89. The number of nitrogens with zero attached hydrogens (tertiary/aromatic N) is 1. The van der Waals surface area contributed by atoms with Crippen LogP contribution >= 0.6 is 0 Å². The Hall–Kier alpha value is -4.08. The van der Waals surface area contributed by atoms with Gasteiger partial charge in [-0.05, 0) is 53.3 Å². The van der Waals surface area contributed by atoms with Gasteiger partial charge in [0.2, 0.25) is 10.0 Å². The molecule has 0 spiro atoms. The lowest BCUT2D eigenvalue weighted by Gasteiger charge is -2.36. The predicted octanol–water partition coefficient (Wildman–Crippen LogP) is 4.84. The van der Waals surface area contributed by atoms with Gasteiger partial charge in [-0.3, -0.25) is 9.59 Å². The maximum atomic E-state index is 13.5. The summed E-state index contributed by atoms with van der Waals surface area (Å²) in [5.74, 6) is -1.76. The normalized spacial score (nSPS) is 15.6. The highest BCUT2D eigenvalue weighted by Gasteiger charge is 2.38. The van der Waals surface area contributed by atoms with Crippen LogP contribution in [0.3, 0.4) is 0 Å². The number of anilines is 1. The van der Waals surface area contributed by atoms with E-state index in [-0.39, 0.29) is 17.9 Å². The van der Waals surface area contributed by atoms with E-state index in [1.807, 2.05) is 48.5 Å². The number of nitrogens with one attached hydrogen (secondary N) is 1. The van der Waals surface area contributed by atoms with E-state index in [2.05, 4.69) is 5.32 Å². The van der Waals surface area contributed by atoms with E-state index in [0.717, 1.165) is 28.5 Å². The number of hydrogen-bond acceptors (Lipinski definition) is 5. The molecule has 1 amide bonds. The molecule has 1 aliphatic rings. The fraction of sp³-hybridized carbons (Fsp3) is 0.172. The maximum absolute atomic E-state index is 13.5. The summed E-state index contributed by atoms with van der Waals surface area (Å²) in [6.07, 6.45) is 0.189. The van der Waals surface area contributed by atoms with Crippen LogP contribution in [0.2, 0.25) is 0 Å². The van der Waals surface area contributed by atoms with Gasteiger partial charge in [-0.25, -0.2) is 12.8 Å². The predicted molar refractivity (Wildman–Crippen MR) is 141 cm³/mol. The van der Waals surface area contributed by atoms with Crippen LogP contribution in [0.5, 0.6) is 0 Å². The van der Waals surface area contributed by atoms with Gasteiger partial charge in [0.1, 0.15) is 5.82 Å². The number of esters is 1. The molecule has 4 aromatic carbocycles. The summed E-state index contributed by atoms with van der Waals surface area (Å²) in [7, 11) is -4.03. The summed E-state index contributed by atoms with van der Waals surface area (Å²) < 4.78 is 46.9. The van der Waals surface area contributed by atoms with Gasteiger partial charge in [0.25, 0.3) is 5.91 Å². The molecule has 1 aliphatic heterocycles. The maximum Gasteiger partial charge on any atom is 0.308 e. The van der Waals surface area contributed by atoms with Crippen molar-refractivity contribution in [2.45, 2.75) is 23.8 Å². The van der Waals surface area contributed by atoms with Crippen LogP contribution in [-0.2, 0) is 30.8 Å². The summed E-state index contributed by atoms with van der Waals surface area (Å²) in [5, 5.41) is 4.58. The molecule has 194 valence electrons. The number of benzene rings is 4. The molecule has 1 atom stereocenters. The Morgan fingerprint density at radius 2 is 1.63 bits per heavy atom. The first-order valence-electron chi connectivity index (χ1n) is 12.1. The zero-order chi connectivity index (χ0) is 26.7. The monoisotopic (exact) mass is 532 g/mol. The smallest absolute Gasteiger partial charge is 0.308 e. The van der Waals surface area contributed by atoms with E-state index >= 15 is 0 Å². The molecule has 0 bridgehead atoms. The Labute approximate surface area is 219 Å². The van der Waals surface area contributed by atoms with Gasteiger partial charge in [0, 0.05) is 17.6 Å². The Balaban J connectivity index is 1.31. The zero-order valence-electron chi connectivity index (χ0n) is 20.3. The molecule has 0 fully saturated rings. The quantitative estimate of drug-likeness (QED) is 0.344. The van der Waals surface area contributed by atoms with Gasteiger partial charge in [-0.2, -0.15) is 4.31 Å². The first-order chi connectivity index (χ1) is 18.3. The van der Waals surface area contributed by atoms with Crippen LogP contribution in [0.25, 0.3) is 10.8 Å². The van der Waals surface area contributed by atoms with Crippen molar-refractivity contribution >= 4 is 38.4 Å². The number of halogens is 1. The molecule has 0 aromatic heterocycles. The Morgan fingerprint density at radius 1 is 0.921 bits per heavy atom. The largest absolute Gasteiger partial charge is 0.456 e. The van der Waals surface area contributed by atoms with Crippen molar-refractivity contribution in [3.63, 3.8) is 0 Å². The molecule has 1 heterocycles. The standard InChI is InChI=1S/C29H25FN2O5S/c30-22-12-14-23(15-13-22)38(35,36)32-17-16-21-7-2-4-10-25(21)27(32)18-29(34)37-19-28(33)31-26-11-5-8-20-6-1-3-9-24(20)26/h1-15,27H,16-19H2,(H,31,33). The number of carbonyl (C=O) groups excluding carboxylic acids is 2. The van der Waals surface area contributed by atoms with E-state index in [4.69, 9.17) is 4.74 Å². The van der Waals surface area contributed by atoms with Crippen molar-refractivity contribution < 1.29 is 27.1 Å². The minimum Gasteiger partial charge on any atom is -0.456 e. The minimum absolute atomic E-state index is 0.0638. The van der Waals surface area contributed by atoms with Crippen molar-refractivity contribution in [2.75, 3.05) is 18.5 Å². The first kappa shape index (κ1) is 25.6. The van der Waals surface area contributed by atoms with E-state index in [1.165, 1.54) is 16.4 Å². The molecule has 0 radical (unpaired) electrons. The van der Waals surface area contributed by atoms with Gasteiger partial charge in [0.15, 0.2) is 6.61 Å². The van der Waals surface area contributed by atoms with Crippen molar-refractivity contribution in [1.29, 1.82) is 0 Å². The summed E-state index contributed by atoms with van der Waals surface area (Å²) >= 11 is 0. The molecule has 9 heteroatoms. The Morgan fingerprint density at radius 3 is 2.45 bits per heavy atom. The topological polar surface area (TPSA) is 92.8 Å². The number of sulfonamides is 1. The molecule has 0 saturated carbocycles. The van der Waals surface area contributed by atoms with Crippen LogP contribution in [0.4, 0.5) is 10.1 Å². The average Bonchev–Trinajstić information content (AvgIpc) is 2.92. The molecule has 1 N–H and O–H groups in total. The third kappa shape index (κ3) is 5.29. The van der Waals surface area contributed by atoms with Crippen molar-refractivity contribution in [1.82, 2.24) is 4.31 Å². The van der Waals surface area contributed by atoms with Gasteiger partial charge in [-0.1, -0.05) is 60.7 Å². The second-order valence-electron chi connectivity index (χ2n) is 8.97. The molecular weight excluding hydrogens is 507 g/mol. The van der Waals surface area contributed by atoms with Crippen LogP contribution in [-0.4, -0.2) is 37.8 Å². The van der Waals surface area contributed by atoms with Crippen molar-refractivity contribution in [3.8, 4) is 0 Å². The fourth-order valence-corrected chi connectivity index (χ4v) is 6.36. The SMILES string of the molecule is O=C(COC(=O)CC1c2ccccc2CCN1S(=O)(=O)c1ccc(F)cc1)Nc1cccc2ccccc12. The number of hydrogen-bond donors (Lipinski definition) is 1. The highest BCUT2D eigenvalue weighted by atomic mass is 32.2. The lowest BCUT2D eigenvalue weighted by atomic mass is 9.92. The number of ether oxygens (including phenoxy) is 1. The van der Waals surface area contributed by atoms with E-state index in [9.17, 15) is 22.4 Å².